The van der Waals surface area contributed by atoms with Crippen LogP contribution in [0, 0.1) is 5.92 Å². The topological polar surface area (TPSA) is 38.0 Å². The van der Waals surface area contributed by atoms with E-state index in [4.69, 9.17) is 0 Å². The minimum absolute atomic E-state index is 0.619. The van der Waals surface area contributed by atoms with E-state index in [2.05, 4.69) is 34.9 Å². The zero-order valence-corrected chi connectivity index (χ0v) is 13.8. The molecule has 1 unspecified atom stereocenters. The van der Waals surface area contributed by atoms with E-state index in [1.165, 1.54) is 19.3 Å². The first-order chi connectivity index (χ1) is 8.96. The highest BCUT2D eigenvalue weighted by Gasteiger charge is 2.31. The summed E-state index contributed by atoms with van der Waals surface area (Å²) in [5, 5.41) is 15.3. The Balaban J connectivity index is 2.14. The molecule has 0 radical (unpaired) electrons. The van der Waals surface area contributed by atoms with E-state index in [1.807, 2.05) is 11.6 Å². The molecule has 1 aliphatic rings. The molecule has 2 rings (SSSR count). The van der Waals surface area contributed by atoms with Crippen LogP contribution in [-0.2, 0) is 19.4 Å². The number of hydrogen-bond donors (Lipinski definition) is 1. The molecule has 1 N–H and O–H groups in total. The van der Waals surface area contributed by atoms with Crippen LogP contribution < -0.4 is 0 Å². The molecule has 1 atom stereocenters. The first-order valence-electron chi connectivity index (χ1n) is 7.43. The number of hydrogen-bond acceptors (Lipinski definition) is 2. The third kappa shape index (κ3) is 3.40. The third-order valence-electron chi connectivity index (χ3n) is 4.20. The average molecular weight is 329 g/mol. The van der Waals surface area contributed by atoms with Gasteiger partial charge in [-0.1, -0.05) is 26.2 Å². The molecule has 3 nitrogen and oxygen atoms in total. The van der Waals surface area contributed by atoms with Gasteiger partial charge in [0.05, 0.1) is 21.5 Å². The highest BCUT2D eigenvalue weighted by Crippen LogP contribution is 2.36. The van der Waals surface area contributed by atoms with Crippen molar-refractivity contribution >= 4 is 15.9 Å². The van der Waals surface area contributed by atoms with Crippen molar-refractivity contribution in [3.8, 4) is 0 Å². The van der Waals surface area contributed by atoms with Crippen LogP contribution in [0.25, 0.3) is 0 Å². The van der Waals surface area contributed by atoms with Gasteiger partial charge in [0.1, 0.15) is 0 Å². The average Bonchev–Trinajstić information content (AvgIpc) is 2.61. The number of halogens is 1. The van der Waals surface area contributed by atoms with Crippen LogP contribution >= 0.6 is 15.9 Å². The second-order valence-corrected chi connectivity index (χ2v) is 6.84. The lowest BCUT2D eigenvalue weighted by Crippen LogP contribution is -2.33. The molecule has 0 aromatic carbocycles. The SMILES string of the molecule is CCc1nn(CC)c(CC(C)(O)CC2CCC2)c1Br. The minimum Gasteiger partial charge on any atom is -0.390 e. The number of rotatable bonds is 6. The molecular weight excluding hydrogens is 304 g/mol. The molecule has 0 amide bonds. The van der Waals surface area contributed by atoms with Crippen molar-refractivity contribution in [1.29, 1.82) is 0 Å². The zero-order valence-electron chi connectivity index (χ0n) is 12.2. The summed E-state index contributed by atoms with van der Waals surface area (Å²) in [6.07, 6.45) is 6.42. The van der Waals surface area contributed by atoms with Gasteiger partial charge in [-0.05, 0) is 48.5 Å². The summed E-state index contributed by atoms with van der Waals surface area (Å²) in [4.78, 5) is 0. The van der Waals surface area contributed by atoms with Gasteiger partial charge in [-0.15, -0.1) is 0 Å². The highest BCUT2D eigenvalue weighted by molar-refractivity contribution is 9.10. The van der Waals surface area contributed by atoms with Gasteiger partial charge < -0.3 is 5.11 Å². The van der Waals surface area contributed by atoms with E-state index in [1.54, 1.807) is 0 Å². The van der Waals surface area contributed by atoms with Crippen LogP contribution in [0.1, 0.15) is 57.8 Å². The van der Waals surface area contributed by atoms with Gasteiger partial charge in [0.2, 0.25) is 0 Å². The Morgan fingerprint density at radius 2 is 2.11 bits per heavy atom. The molecular formula is C15H25BrN2O. The van der Waals surface area contributed by atoms with Crippen molar-refractivity contribution in [1.82, 2.24) is 9.78 Å². The van der Waals surface area contributed by atoms with Crippen molar-refractivity contribution in [3.05, 3.63) is 15.9 Å². The third-order valence-corrected chi connectivity index (χ3v) is 5.11. The number of aliphatic hydroxyl groups is 1. The monoisotopic (exact) mass is 328 g/mol. The molecule has 1 fully saturated rings. The van der Waals surface area contributed by atoms with Crippen molar-refractivity contribution < 1.29 is 5.11 Å². The summed E-state index contributed by atoms with van der Waals surface area (Å²) < 4.78 is 3.11. The second kappa shape index (κ2) is 5.96. The predicted octanol–water partition coefficient (Wildman–Crippen LogP) is 3.71. The lowest BCUT2D eigenvalue weighted by molar-refractivity contribution is 0.0186. The Labute approximate surface area is 124 Å². The van der Waals surface area contributed by atoms with E-state index in [0.29, 0.717) is 6.42 Å². The molecule has 1 aliphatic carbocycles. The lowest BCUT2D eigenvalue weighted by atomic mass is 9.76. The van der Waals surface area contributed by atoms with Crippen LogP contribution in [0.3, 0.4) is 0 Å². The molecule has 19 heavy (non-hydrogen) atoms. The number of aryl methyl sites for hydroxylation is 2. The van der Waals surface area contributed by atoms with Gasteiger partial charge in [-0.25, -0.2) is 0 Å². The van der Waals surface area contributed by atoms with Crippen LogP contribution in [0.5, 0.6) is 0 Å². The maximum absolute atomic E-state index is 10.7. The Bertz CT molecular complexity index is 436. The fourth-order valence-corrected chi connectivity index (χ4v) is 3.64. The van der Waals surface area contributed by atoms with Crippen LogP contribution in [0.15, 0.2) is 4.47 Å². The normalized spacial score (nSPS) is 19.2. The molecule has 0 aliphatic heterocycles. The van der Waals surface area contributed by atoms with Gasteiger partial charge in [0, 0.05) is 13.0 Å². The zero-order chi connectivity index (χ0) is 14.0. The van der Waals surface area contributed by atoms with Crippen LogP contribution in [0.4, 0.5) is 0 Å². The van der Waals surface area contributed by atoms with Crippen LogP contribution in [-0.4, -0.2) is 20.5 Å². The van der Waals surface area contributed by atoms with Gasteiger partial charge in [0.25, 0.3) is 0 Å². The first kappa shape index (κ1) is 15.0. The molecule has 0 saturated heterocycles. The Morgan fingerprint density at radius 1 is 1.42 bits per heavy atom. The second-order valence-electron chi connectivity index (χ2n) is 6.05. The standard InChI is InChI=1S/C15H25BrN2O/c1-4-12-14(16)13(18(5-2)17-12)10-15(3,19)9-11-7-6-8-11/h11,19H,4-10H2,1-3H3. The van der Waals surface area contributed by atoms with Gasteiger partial charge in [-0.2, -0.15) is 5.10 Å². The molecule has 1 aromatic heterocycles. The first-order valence-corrected chi connectivity index (χ1v) is 8.22. The maximum Gasteiger partial charge on any atom is 0.0766 e. The van der Waals surface area contributed by atoms with Crippen molar-refractivity contribution in [2.24, 2.45) is 5.92 Å². The minimum atomic E-state index is -0.619. The largest absolute Gasteiger partial charge is 0.390 e. The number of aromatic nitrogens is 2. The summed E-state index contributed by atoms with van der Waals surface area (Å²) >= 11 is 3.66. The Kier molecular flexibility index (Phi) is 4.72. The summed E-state index contributed by atoms with van der Waals surface area (Å²) in [6.45, 7) is 7.04. The van der Waals surface area contributed by atoms with Gasteiger partial charge in [-0.3, -0.25) is 4.68 Å². The van der Waals surface area contributed by atoms with Gasteiger partial charge in [0.15, 0.2) is 0 Å². The van der Waals surface area contributed by atoms with Gasteiger partial charge >= 0.3 is 0 Å². The Hall–Kier alpha value is -0.350. The fraction of sp³-hybridized carbons (Fsp3) is 0.800. The van der Waals surface area contributed by atoms with E-state index < -0.39 is 5.60 Å². The highest BCUT2D eigenvalue weighted by atomic mass is 79.9. The number of nitrogens with zero attached hydrogens (tertiary/aromatic N) is 2. The van der Waals surface area contributed by atoms with E-state index >= 15 is 0 Å². The predicted molar refractivity (Wildman–Crippen MR) is 81.3 cm³/mol. The molecule has 0 bridgehead atoms. The van der Waals surface area contributed by atoms with Crippen molar-refractivity contribution in [3.63, 3.8) is 0 Å². The molecule has 108 valence electrons. The molecule has 1 saturated carbocycles. The van der Waals surface area contributed by atoms with Crippen LogP contribution in [0.2, 0.25) is 0 Å². The molecule has 4 heteroatoms. The fourth-order valence-electron chi connectivity index (χ4n) is 2.94. The summed E-state index contributed by atoms with van der Waals surface area (Å²) in [7, 11) is 0. The summed E-state index contributed by atoms with van der Waals surface area (Å²) in [6, 6.07) is 0. The van der Waals surface area contributed by atoms with E-state index in [9.17, 15) is 5.11 Å². The van der Waals surface area contributed by atoms with Crippen molar-refractivity contribution in [2.75, 3.05) is 0 Å². The smallest absolute Gasteiger partial charge is 0.0766 e. The molecule has 1 heterocycles. The Morgan fingerprint density at radius 3 is 2.58 bits per heavy atom. The van der Waals surface area contributed by atoms with Crippen molar-refractivity contribution in [2.45, 2.75) is 71.4 Å². The quantitative estimate of drug-likeness (QED) is 0.864. The molecule has 1 aromatic rings. The molecule has 0 spiro atoms. The summed E-state index contributed by atoms with van der Waals surface area (Å²) in [5.74, 6) is 0.720. The maximum atomic E-state index is 10.7. The summed E-state index contributed by atoms with van der Waals surface area (Å²) in [5.41, 5.74) is 1.62. The van der Waals surface area contributed by atoms with E-state index in [-0.39, 0.29) is 0 Å². The lowest BCUT2D eigenvalue weighted by Gasteiger charge is -2.33. The van der Waals surface area contributed by atoms with E-state index in [0.717, 1.165) is 41.2 Å².